The van der Waals surface area contributed by atoms with E-state index in [0.29, 0.717) is 5.56 Å². The molecule has 0 spiro atoms. The molecule has 6 heteroatoms. The maximum absolute atomic E-state index is 12.1. The second-order valence-electron chi connectivity index (χ2n) is 4.98. The summed E-state index contributed by atoms with van der Waals surface area (Å²) < 4.78 is 6.74. The lowest BCUT2D eigenvalue weighted by atomic mass is 10.2. The molecule has 0 radical (unpaired) electrons. The van der Waals surface area contributed by atoms with Crippen molar-refractivity contribution in [1.29, 1.82) is 0 Å². The first-order valence-electron chi connectivity index (χ1n) is 7.34. The molecule has 0 saturated carbocycles. The van der Waals surface area contributed by atoms with E-state index in [0.717, 1.165) is 17.0 Å². The molecule has 3 rings (SSSR count). The number of aromatic nitrogens is 2. The lowest BCUT2D eigenvalue weighted by Gasteiger charge is -2.02. The summed E-state index contributed by atoms with van der Waals surface area (Å²) in [7, 11) is 1.61. The van der Waals surface area contributed by atoms with Gasteiger partial charge in [-0.05, 0) is 29.8 Å². The smallest absolute Gasteiger partial charge is 0.274 e. The summed E-state index contributed by atoms with van der Waals surface area (Å²) in [6, 6.07) is 16.9. The lowest BCUT2D eigenvalue weighted by molar-refractivity contribution is 0.0955. The Morgan fingerprint density at radius 1 is 1.17 bits per heavy atom. The van der Waals surface area contributed by atoms with Crippen molar-refractivity contribution in [3.63, 3.8) is 0 Å². The van der Waals surface area contributed by atoms with E-state index in [4.69, 9.17) is 4.74 Å². The Kier molecular flexibility index (Phi) is 4.67. The van der Waals surface area contributed by atoms with Crippen molar-refractivity contribution < 1.29 is 9.53 Å². The molecule has 0 aliphatic carbocycles. The quantitative estimate of drug-likeness (QED) is 0.580. The van der Waals surface area contributed by atoms with Crippen LogP contribution in [0.5, 0.6) is 5.75 Å². The third-order valence-electron chi connectivity index (χ3n) is 3.36. The molecule has 0 bridgehead atoms. The number of hydrogen-bond donors (Lipinski definition) is 1. The number of nitrogens with one attached hydrogen (secondary N) is 1. The number of carbonyl (C=O) groups is 1. The van der Waals surface area contributed by atoms with Gasteiger partial charge in [0.2, 0.25) is 0 Å². The fraction of sp³-hybridized carbons (Fsp3) is 0.0556. The third-order valence-corrected chi connectivity index (χ3v) is 3.36. The van der Waals surface area contributed by atoms with E-state index in [9.17, 15) is 4.79 Å². The summed E-state index contributed by atoms with van der Waals surface area (Å²) in [5.74, 6) is 0.445. The van der Waals surface area contributed by atoms with Gasteiger partial charge < -0.3 is 4.74 Å². The number of nitrogens with zero attached hydrogens (tertiary/aromatic N) is 3. The topological polar surface area (TPSA) is 68.5 Å². The average molecular weight is 320 g/mol. The number of methoxy groups -OCH3 is 1. The van der Waals surface area contributed by atoms with Crippen LogP contribution in [0.1, 0.15) is 15.9 Å². The number of hydrogen-bond acceptors (Lipinski definition) is 4. The Morgan fingerprint density at radius 3 is 2.62 bits per heavy atom. The van der Waals surface area contributed by atoms with Crippen LogP contribution in [-0.2, 0) is 0 Å². The van der Waals surface area contributed by atoms with Gasteiger partial charge in [0.15, 0.2) is 0 Å². The van der Waals surface area contributed by atoms with E-state index >= 15 is 0 Å². The van der Waals surface area contributed by atoms with Crippen molar-refractivity contribution >= 4 is 12.1 Å². The summed E-state index contributed by atoms with van der Waals surface area (Å²) in [5.41, 5.74) is 4.66. The average Bonchev–Trinajstić information content (AvgIpc) is 3.13. The van der Waals surface area contributed by atoms with Crippen molar-refractivity contribution in [3.8, 4) is 11.4 Å². The normalized spacial score (nSPS) is 10.7. The first kappa shape index (κ1) is 15.5. The van der Waals surface area contributed by atoms with Crippen LogP contribution in [0.25, 0.3) is 5.69 Å². The second-order valence-corrected chi connectivity index (χ2v) is 4.98. The molecule has 24 heavy (non-hydrogen) atoms. The number of hydrazone groups is 1. The largest absolute Gasteiger partial charge is 0.497 e. The van der Waals surface area contributed by atoms with Crippen LogP contribution >= 0.6 is 0 Å². The van der Waals surface area contributed by atoms with Crippen molar-refractivity contribution in [1.82, 2.24) is 15.2 Å². The molecule has 0 fully saturated rings. The summed E-state index contributed by atoms with van der Waals surface area (Å²) in [6.07, 6.45) is 4.73. The van der Waals surface area contributed by atoms with Crippen molar-refractivity contribution in [2.24, 2.45) is 5.10 Å². The van der Waals surface area contributed by atoms with Gasteiger partial charge in [0, 0.05) is 6.20 Å². The van der Waals surface area contributed by atoms with Crippen LogP contribution in [-0.4, -0.2) is 29.0 Å². The van der Waals surface area contributed by atoms with Crippen LogP contribution in [0.3, 0.4) is 0 Å². The van der Waals surface area contributed by atoms with Gasteiger partial charge in [-0.15, -0.1) is 0 Å². The summed E-state index contributed by atoms with van der Waals surface area (Å²) in [4.78, 5) is 12.1. The molecule has 1 N–H and O–H groups in total. The first-order valence-corrected chi connectivity index (χ1v) is 7.34. The Labute approximate surface area is 139 Å². The number of amides is 1. The predicted octanol–water partition coefficient (Wildman–Crippen LogP) is 2.64. The van der Waals surface area contributed by atoms with Gasteiger partial charge in [-0.3, -0.25) is 4.79 Å². The highest BCUT2D eigenvalue weighted by Crippen LogP contribution is 2.14. The minimum atomic E-state index is -0.318. The lowest BCUT2D eigenvalue weighted by Crippen LogP contribution is -2.16. The van der Waals surface area contributed by atoms with E-state index in [2.05, 4.69) is 15.6 Å². The van der Waals surface area contributed by atoms with E-state index in [-0.39, 0.29) is 5.91 Å². The van der Waals surface area contributed by atoms with Gasteiger partial charge in [0.05, 0.1) is 30.8 Å². The molecule has 0 aliphatic rings. The molecule has 1 heterocycles. The Morgan fingerprint density at radius 2 is 1.92 bits per heavy atom. The molecule has 0 unspecified atom stereocenters. The summed E-state index contributed by atoms with van der Waals surface area (Å²) >= 11 is 0. The molecule has 0 atom stereocenters. The molecule has 1 aromatic heterocycles. The number of ether oxygens (including phenoxy) is 1. The standard InChI is InChI=1S/C18H16N4O2/c1-24-17-9-7-16(8-10-17)22-13-15(12-20-22)18(23)21-19-11-14-5-3-2-4-6-14/h2-13H,1H3,(H,21,23)/b19-11-. The highest BCUT2D eigenvalue weighted by Gasteiger charge is 2.08. The van der Waals surface area contributed by atoms with Gasteiger partial charge in [-0.2, -0.15) is 10.2 Å². The van der Waals surface area contributed by atoms with Crippen molar-refractivity contribution in [3.05, 3.63) is 78.1 Å². The van der Waals surface area contributed by atoms with E-state index in [1.807, 2.05) is 54.6 Å². The van der Waals surface area contributed by atoms with Gasteiger partial charge >= 0.3 is 0 Å². The molecular formula is C18H16N4O2. The molecule has 0 saturated heterocycles. The van der Waals surface area contributed by atoms with Crippen LogP contribution in [0.2, 0.25) is 0 Å². The van der Waals surface area contributed by atoms with E-state index < -0.39 is 0 Å². The van der Waals surface area contributed by atoms with Gasteiger partial charge in [0.25, 0.3) is 5.91 Å². The maximum atomic E-state index is 12.1. The van der Waals surface area contributed by atoms with Crippen molar-refractivity contribution in [2.75, 3.05) is 7.11 Å². The third kappa shape index (κ3) is 3.67. The van der Waals surface area contributed by atoms with Gasteiger partial charge in [-0.25, -0.2) is 10.1 Å². The van der Waals surface area contributed by atoms with Gasteiger partial charge in [0.1, 0.15) is 5.75 Å². The molecule has 0 aliphatic heterocycles. The molecule has 1 amide bonds. The van der Waals surface area contributed by atoms with Crippen LogP contribution in [0.4, 0.5) is 0 Å². The first-order chi connectivity index (χ1) is 11.8. The Balaban J connectivity index is 1.66. The fourth-order valence-corrected chi connectivity index (χ4v) is 2.09. The Hall–Kier alpha value is -3.41. The minimum Gasteiger partial charge on any atom is -0.497 e. The monoisotopic (exact) mass is 320 g/mol. The van der Waals surface area contributed by atoms with Crippen LogP contribution in [0.15, 0.2) is 72.1 Å². The second kappa shape index (κ2) is 7.23. The predicted molar refractivity (Wildman–Crippen MR) is 91.6 cm³/mol. The zero-order valence-corrected chi connectivity index (χ0v) is 13.1. The summed E-state index contributed by atoms with van der Waals surface area (Å²) in [5, 5.41) is 8.14. The number of rotatable bonds is 5. The fourth-order valence-electron chi connectivity index (χ4n) is 2.09. The number of benzene rings is 2. The highest BCUT2D eigenvalue weighted by atomic mass is 16.5. The zero-order valence-electron chi connectivity index (χ0n) is 13.1. The molecule has 120 valence electrons. The zero-order chi connectivity index (χ0) is 16.8. The number of carbonyl (C=O) groups excluding carboxylic acids is 1. The SMILES string of the molecule is COc1ccc(-n2cc(C(=O)N/N=C\c3ccccc3)cn2)cc1. The van der Waals surface area contributed by atoms with Crippen LogP contribution in [0, 0.1) is 0 Å². The molecule has 2 aromatic carbocycles. The molecule has 3 aromatic rings. The van der Waals surface area contributed by atoms with Crippen molar-refractivity contribution in [2.45, 2.75) is 0 Å². The molecular weight excluding hydrogens is 304 g/mol. The Bertz CT molecular complexity index is 839. The van der Waals surface area contributed by atoms with Gasteiger partial charge in [-0.1, -0.05) is 30.3 Å². The van der Waals surface area contributed by atoms with Crippen LogP contribution < -0.4 is 10.2 Å². The molecule has 6 nitrogen and oxygen atoms in total. The minimum absolute atomic E-state index is 0.318. The highest BCUT2D eigenvalue weighted by molar-refractivity contribution is 5.94. The summed E-state index contributed by atoms with van der Waals surface area (Å²) in [6.45, 7) is 0. The maximum Gasteiger partial charge on any atom is 0.274 e. The van der Waals surface area contributed by atoms with E-state index in [1.54, 1.807) is 24.2 Å². The van der Waals surface area contributed by atoms with E-state index in [1.165, 1.54) is 6.20 Å².